The molecule has 0 radical (unpaired) electrons. The lowest BCUT2D eigenvalue weighted by Gasteiger charge is -2.08. The van der Waals surface area contributed by atoms with Crippen molar-refractivity contribution in [1.82, 2.24) is 10.6 Å². The van der Waals surface area contributed by atoms with Gasteiger partial charge in [0.1, 0.15) is 0 Å². The first-order chi connectivity index (χ1) is 9.40. The maximum atomic E-state index is 11.6. The van der Waals surface area contributed by atoms with E-state index in [-0.39, 0.29) is 29.7 Å². The molecule has 6 nitrogen and oxygen atoms in total. The molecular formula is C12H13Cl2N3O3. The first kappa shape index (κ1) is 16.3. The van der Waals surface area contributed by atoms with Gasteiger partial charge in [-0.3, -0.25) is 14.4 Å². The molecule has 1 aromatic carbocycles. The largest absolute Gasteiger partial charge is 0.355 e. The van der Waals surface area contributed by atoms with Crippen molar-refractivity contribution in [3.05, 3.63) is 28.2 Å². The Kier molecular flexibility index (Phi) is 6.27. The minimum atomic E-state index is -0.850. The summed E-state index contributed by atoms with van der Waals surface area (Å²) in [5, 5.41) is 7.85. The summed E-state index contributed by atoms with van der Waals surface area (Å²) in [5.41, 5.74) is 0.290. The quantitative estimate of drug-likeness (QED) is 0.575. The van der Waals surface area contributed by atoms with Crippen molar-refractivity contribution in [2.75, 3.05) is 18.4 Å². The molecule has 20 heavy (non-hydrogen) atoms. The maximum absolute atomic E-state index is 11.6. The molecule has 1 aromatic rings. The van der Waals surface area contributed by atoms with E-state index < -0.39 is 11.8 Å². The number of hydrogen-bond acceptors (Lipinski definition) is 3. The number of carbonyl (C=O) groups excluding carboxylic acids is 3. The van der Waals surface area contributed by atoms with Crippen molar-refractivity contribution >= 4 is 46.6 Å². The highest BCUT2D eigenvalue weighted by atomic mass is 35.5. The van der Waals surface area contributed by atoms with Crippen molar-refractivity contribution in [3.63, 3.8) is 0 Å². The molecule has 0 aliphatic rings. The Hall–Kier alpha value is -1.79. The van der Waals surface area contributed by atoms with Crippen LogP contribution in [0.3, 0.4) is 0 Å². The lowest BCUT2D eigenvalue weighted by Crippen LogP contribution is -2.39. The van der Waals surface area contributed by atoms with Crippen molar-refractivity contribution < 1.29 is 14.4 Å². The van der Waals surface area contributed by atoms with Gasteiger partial charge in [0.25, 0.3) is 0 Å². The summed E-state index contributed by atoms with van der Waals surface area (Å²) < 4.78 is 0. The van der Waals surface area contributed by atoms with Crippen molar-refractivity contribution in [3.8, 4) is 0 Å². The third-order valence-electron chi connectivity index (χ3n) is 2.17. The SMILES string of the molecule is CC(=O)NCCNC(=O)C(=O)Nc1ccc(Cl)cc1Cl. The van der Waals surface area contributed by atoms with Crippen LogP contribution in [-0.4, -0.2) is 30.8 Å². The van der Waals surface area contributed by atoms with Gasteiger partial charge >= 0.3 is 11.8 Å². The van der Waals surface area contributed by atoms with E-state index in [1.54, 1.807) is 0 Å². The summed E-state index contributed by atoms with van der Waals surface area (Å²) in [6.45, 7) is 1.76. The fourth-order valence-electron chi connectivity index (χ4n) is 1.26. The topological polar surface area (TPSA) is 87.3 Å². The van der Waals surface area contributed by atoms with Gasteiger partial charge < -0.3 is 16.0 Å². The van der Waals surface area contributed by atoms with Crippen LogP contribution in [0.25, 0.3) is 0 Å². The van der Waals surface area contributed by atoms with Gasteiger partial charge in [-0.05, 0) is 18.2 Å². The highest BCUT2D eigenvalue weighted by molar-refractivity contribution is 6.42. The maximum Gasteiger partial charge on any atom is 0.313 e. The first-order valence-corrected chi connectivity index (χ1v) is 6.44. The molecule has 0 spiro atoms. The van der Waals surface area contributed by atoms with E-state index in [2.05, 4.69) is 16.0 Å². The predicted octanol–water partition coefficient (Wildman–Crippen LogP) is 1.18. The normalized spacial score (nSPS) is 9.75. The summed E-state index contributed by atoms with van der Waals surface area (Å²) >= 11 is 11.6. The third-order valence-corrected chi connectivity index (χ3v) is 2.72. The number of anilines is 1. The molecule has 108 valence electrons. The van der Waals surface area contributed by atoms with Gasteiger partial charge in [-0.1, -0.05) is 23.2 Å². The van der Waals surface area contributed by atoms with Gasteiger partial charge in [0.15, 0.2) is 0 Å². The van der Waals surface area contributed by atoms with Gasteiger partial charge in [-0.2, -0.15) is 0 Å². The van der Waals surface area contributed by atoms with Crippen molar-refractivity contribution in [2.24, 2.45) is 0 Å². The number of benzene rings is 1. The second-order valence-electron chi connectivity index (χ2n) is 3.82. The number of carbonyl (C=O) groups is 3. The molecule has 0 aliphatic carbocycles. The van der Waals surface area contributed by atoms with Crippen molar-refractivity contribution in [1.29, 1.82) is 0 Å². The average molecular weight is 318 g/mol. The van der Waals surface area contributed by atoms with Crippen LogP contribution in [0.5, 0.6) is 0 Å². The molecule has 0 bridgehead atoms. The second kappa shape index (κ2) is 7.72. The molecule has 0 saturated heterocycles. The Morgan fingerprint density at radius 1 is 1.05 bits per heavy atom. The predicted molar refractivity (Wildman–Crippen MR) is 76.8 cm³/mol. The highest BCUT2D eigenvalue weighted by Crippen LogP contribution is 2.25. The number of hydrogen-bond donors (Lipinski definition) is 3. The standard InChI is InChI=1S/C12H13Cl2N3O3/c1-7(18)15-4-5-16-11(19)12(20)17-10-3-2-8(13)6-9(10)14/h2-3,6H,4-5H2,1H3,(H,15,18)(H,16,19)(H,17,20). The van der Waals surface area contributed by atoms with Crippen LogP contribution in [0.2, 0.25) is 10.0 Å². The van der Waals surface area contributed by atoms with E-state index in [1.807, 2.05) is 0 Å². The number of nitrogens with one attached hydrogen (secondary N) is 3. The van der Waals surface area contributed by atoms with Crippen LogP contribution in [0.15, 0.2) is 18.2 Å². The Bertz CT molecular complexity index is 535. The van der Waals surface area contributed by atoms with E-state index >= 15 is 0 Å². The molecule has 0 aromatic heterocycles. The van der Waals surface area contributed by atoms with E-state index in [0.29, 0.717) is 5.02 Å². The number of amides is 3. The minimum absolute atomic E-state index is 0.153. The first-order valence-electron chi connectivity index (χ1n) is 5.69. The fraction of sp³-hybridized carbons (Fsp3) is 0.250. The Morgan fingerprint density at radius 3 is 2.30 bits per heavy atom. The van der Waals surface area contributed by atoms with Crippen molar-refractivity contribution in [2.45, 2.75) is 6.92 Å². The third kappa shape index (κ3) is 5.46. The summed E-state index contributed by atoms with van der Waals surface area (Å²) in [5.74, 6) is -1.88. The van der Waals surface area contributed by atoms with Crippen LogP contribution in [0.4, 0.5) is 5.69 Å². The van der Waals surface area contributed by atoms with Crippen LogP contribution < -0.4 is 16.0 Å². The molecule has 0 aliphatic heterocycles. The second-order valence-corrected chi connectivity index (χ2v) is 4.66. The monoisotopic (exact) mass is 317 g/mol. The summed E-state index contributed by atoms with van der Waals surface area (Å²) in [7, 11) is 0. The van der Waals surface area contributed by atoms with Gasteiger partial charge in [0.2, 0.25) is 5.91 Å². The zero-order valence-corrected chi connectivity index (χ0v) is 12.1. The molecular weight excluding hydrogens is 305 g/mol. The molecule has 8 heteroatoms. The smallest absolute Gasteiger partial charge is 0.313 e. The molecule has 0 unspecified atom stereocenters. The van der Waals surface area contributed by atoms with Crippen LogP contribution in [0, 0.1) is 0 Å². The number of rotatable bonds is 4. The molecule has 3 amide bonds. The minimum Gasteiger partial charge on any atom is -0.355 e. The van der Waals surface area contributed by atoms with E-state index in [0.717, 1.165) is 0 Å². The lowest BCUT2D eigenvalue weighted by atomic mass is 10.3. The zero-order valence-electron chi connectivity index (χ0n) is 10.6. The molecule has 1 rings (SSSR count). The Balaban J connectivity index is 2.45. The van der Waals surface area contributed by atoms with Crippen LogP contribution >= 0.6 is 23.2 Å². The van der Waals surface area contributed by atoms with E-state index in [9.17, 15) is 14.4 Å². The zero-order chi connectivity index (χ0) is 15.1. The molecule has 0 saturated carbocycles. The molecule has 0 heterocycles. The molecule has 0 fully saturated rings. The summed E-state index contributed by atoms with van der Waals surface area (Å²) in [4.78, 5) is 33.6. The number of halogens is 2. The molecule has 3 N–H and O–H groups in total. The average Bonchev–Trinajstić information content (AvgIpc) is 2.37. The molecule has 0 atom stereocenters. The van der Waals surface area contributed by atoms with Gasteiger partial charge in [0.05, 0.1) is 10.7 Å². The summed E-state index contributed by atoms with van der Waals surface area (Å²) in [6, 6.07) is 4.48. The van der Waals surface area contributed by atoms with Crippen LogP contribution in [0.1, 0.15) is 6.92 Å². The van der Waals surface area contributed by atoms with Gasteiger partial charge in [-0.15, -0.1) is 0 Å². The highest BCUT2D eigenvalue weighted by Gasteiger charge is 2.14. The summed E-state index contributed by atoms with van der Waals surface area (Å²) in [6.07, 6.45) is 0. The Labute approximate surface area is 125 Å². The van der Waals surface area contributed by atoms with Crippen LogP contribution in [-0.2, 0) is 14.4 Å². The van der Waals surface area contributed by atoms with Gasteiger partial charge in [-0.25, -0.2) is 0 Å². The fourth-order valence-corrected chi connectivity index (χ4v) is 1.72. The van der Waals surface area contributed by atoms with E-state index in [1.165, 1.54) is 25.1 Å². The van der Waals surface area contributed by atoms with E-state index in [4.69, 9.17) is 23.2 Å². The lowest BCUT2D eigenvalue weighted by molar-refractivity contribution is -0.136. The Morgan fingerprint density at radius 2 is 1.70 bits per heavy atom. The van der Waals surface area contributed by atoms with Gasteiger partial charge in [0, 0.05) is 25.0 Å².